The average molecular weight is 381 g/mol. The van der Waals surface area contributed by atoms with Crippen LogP contribution in [0.15, 0.2) is 36.4 Å². The van der Waals surface area contributed by atoms with Crippen molar-refractivity contribution in [3.63, 3.8) is 0 Å². The van der Waals surface area contributed by atoms with E-state index in [4.69, 9.17) is 18.9 Å². The van der Waals surface area contributed by atoms with Crippen molar-refractivity contribution >= 4 is 0 Å². The first-order valence-electron chi connectivity index (χ1n) is 10.1. The maximum absolute atomic E-state index is 6.71. The van der Waals surface area contributed by atoms with Gasteiger partial charge >= 0.3 is 0 Å². The molecule has 3 aliphatic heterocycles. The van der Waals surface area contributed by atoms with E-state index in [1.54, 1.807) is 7.11 Å². The minimum Gasteiger partial charge on any atom is -0.497 e. The predicted molar refractivity (Wildman–Crippen MR) is 106 cm³/mol. The van der Waals surface area contributed by atoms with E-state index >= 15 is 0 Å². The van der Waals surface area contributed by atoms with E-state index in [-0.39, 0.29) is 24.4 Å². The fraction of sp³-hybridized carbons (Fsp3) is 0.478. The van der Waals surface area contributed by atoms with Crippen molar-refractivity contribution in [3.05, 3.63) is 47.5 Å². The molecular formula is C23H27NO4. The van der Waals surface area contributed by atoms with Crippen molar-refractivity contribution in [1.82, 2.24) is 4.90 Å². The molecule has 1 fully saturated rings. The lowest BCUT2D eigenvalue weighted by Crippen LogP contribution is -2.57. The number of methoxy groups -OCH3 is 1. The third-order valence-corrected chi connectivity index (χ3v) is 6.69. The van der Waals surface area contributed by atoms with Gasteiger partial charge in [-0.15, -0.1) is 0 Å². The topological polar surface area (TPSA) is 40.2 Å². The highest BCUT2D eigenvalue weighted by atomic mass is 16.7. The third-order valence-electron chi connectivity index (χ3n) is 6.69. The minimum absolute atomic E-state index is 0.180. The Hall–Kier alpha value is -2.40. The Balaban J connectivity index is 1.66. The lowest BCUT2D eigenvalue weighted by atomic mass is 9.74. The molecule has 2 aromatic carbocycles. The molecule has 0 aliphatic carbocycles. The number of hydrogen-bond donors (Lipinski definition) is 0. The van der Waals surface area contributed by atoms with Gasteiger partial charge in [-0.2, -0.15) is 0 Å². The molecule has 5 nitrogen and oxygen atoms in total. The van der Waals surface area contributed by atoms with Crippen LogP contribution in [0.2, 0.25) is 0 Å². The molecule has 2 aromatic rings. The second-order valence-corrected chi connectivity index (χ2v) is 8.14. The maximum Gasteiger partial charge on any atom is 0.231 e. The Morgan fingerprint density at radius 2 is 1.79 bits per heavy atom. The predicted octanol–water partition coefficient (Wildman–Crippen LogP) is 4.40. The Morgan fingerprint density at radius 3 is 2.54 bits per heavy atom. The van der Waals surface area contributed by atoms with E-state index in [0.717, 1.165) is 41.7 Å². The van der Waals surface area contributed by atoms with Gasteiger partial charge in [0.25, 0.3) is 0 Å². The van der Waals surface area contributed by atoms with Gasteiger partial charge in [-0.25, -0.2) is 0 Å². The van der Waals surface area contributed by atoms with Crippen LogP contribution in [-0.2, 0) is 0 Å². The van der Waals surface area contributed by atoms with Gasteiger partial charge in [0.2, 0.25) is 6.79 Å². The van der Waals surface area contributed by atoms with Crippen molar-refractivity contribution in [2.24, 2.45) is 5.92 Å². The summed E-state index contributed by atoms with van der Waals surface area (Å²) in [5, 5.41) is 0. The van der Waals surface area contributed by atoms with E-state index in [1.165, 1.54) is 18.4 Å². The second-order valence-electron chi connectivity index (χ2n) is 8.14. The quantitative estimate of drug-likeness (QED) is 0.788. The lowest BCUT2D eigenvalue weighted by Gasteiger charge is -2.50. The van der Waals surface area contributed by atoms with Crippen LogP contribution in [0.3, 0.4) is 0 Å². The number of likely N-dealkylation sites (tertiary alicyclic amines) is 1. The molecule has 1 saturated heterocycles. The molecule has 3 aliphatic rings. The monoisotopic (exact) mass is 381 g/mol. The van der Waals surface area contributed by atoms with E-state index in [9.17, 15) is 0 Å². The molecule has 0 unspecified atom stereocenters. The Kier molecular flexibility index (Phi) is 4.16. The normalized spacial score (nSPS) is 28.7. The van der Waals surface area contributed by atoms with Crippen molar-refractivity contribution in [1.29, 1.82) is 0 Å². The molecule has 28 heavy (non-hydrogen) atoms. The molecule has 0 radical (unpaired) electrons. The first-order valence-corrected chi connectivity index (χ1v) is 10.1. The smallest absolute Gasteiger partial charge is 0.231 e. The molecule has 0 N–H and O–H groups in total. The number of fused-ring (bicyclic) bond motifs is 2. The van der Waals surface area contributed by atoms with Gasteiger partial charge in [0.1, 0.15) is 11.5 Å². The molecule has 3 heterocycles. The highest BCUT2D eigenvalue weighted by Crippen LogP contribution is 2.53. The highest BCUT2D eigenvalue weighted by Gasteiger charge is 2.49. The fourth-order valence-electron chi connectivity index (χ4n) is 4.98. The van der Waals surface area contributed by atoms with E-state index in [1.807, 2.05) is 12.1 Å². The van der Waals surface area contributed by atoms with Crippen LogP contribution in [0, 0.1) is 5.92 Å². The van der Waals surface area contributed by atoms with Crippen LogP contribution in [0.25, 0.3) is 0 Å². The first-order chi connectivity index (χ1) is 13.6. The number of rotatable bonds is 3. The van der Waals surface area contributed by atoms with Crippen LogP contribution < -0.4 is 18.9 Å². The minimum atomic E-state index is -0.370. The van der Waals surface area contributed by atoms with Gasteiger partial charge in [-0.3, -0.25) is 4.90 Å². The Morgan fingerprint density at radius 1 is 1.04 bits per heavy atom. The molecule has 5 heteroatoms. The van der Waals surface area contributed by atoms with Crippen LogP contribution in [0.5, 0.6) is 23.0 Å². The largest absolute Gasteiger partial charge is 0.497 e. The van der Waals surface area contributed by atoms with Crippen molar-refractivity contribution in [2.75, 3.05) is 27.0 Å². The molecule has 0 aromatic heterocycles. The number of hydrogen-bond acceptors (Lipinski definition) is 5. The maximum atomic E-state index is 6.71. The highest BCUT2D eigenvalue weighted by molar-refractivity contribution is 5.56. The number of benzene rings is 2. The summed E-state index contributed by atoms with van der Waals surface area (Å²) in [6.07, 6.45) is 2.45. The summed E-state index contributed by atoms with van der Waals surface area (Å²) in [7, 11) is 1.72. The zero-order valence-corrected chi connectivity index (χ0v) is 16.7. The fourth-order valence-corrected chi connectivity index (χ4v) is 4.98. The van der Waals surface area contributed by atoms with Gasteiger partial charge in [0, 0.05) is 36.6 Å². The molecule has 0 saturated carbocycles. The van der Waals surface area contributed by atoms with E-state index in [0.29, 0.717) is 0 Å². The molecule has 148 valence electrons. The second kappa shape index (κ2) is 6.59. The SMILES string of the molecule is COc1cccc([C@@H]2c3cc4c(cc3O[C@](C)(N3CCCC3)[C@H]2C)OCO4)c1. The van der Waals surface area contributed by atoms with Crippen molar-refractivity contribution in [3.8, 4) is 23.0 Å². The standard InChI is InChI=1S/C23H27NO4/c1-15-22(16-7-6-8-17(11-16)25-3)18-12-20-21(27-14-26-20)13-19(18)28-23(15,2)24-9-4-5-10-24/h6-8,11-13,15,22H,4-5,9-10,14H2,1-3H3/t15-,22+,23-/m0/s1. The summed E-state index contributed by atoms with van der Waals surface area (Å²) in [5.41, 5.74) is 2.02. The molecule has 0 amide bonds. The average Bonchev–Trinajstić information content (AvgIpc) is 3.39. The number of ether oxygens (including phenoxy) is 4. The Bertz CT molecular complexity index is 892. The summed E-state index contributed by atoms with van der Waals surface area (Å²) in [5.74, 6) is 3.77. The zero-order valence-electron chi connectivity index (χ0n) is 16.7. The summed E-state index contributed by atoms with van der Waals surface area (Å²) in [6, 6.07) is 12.5. The molecule has 0 bridgehead atoms. The molecular weight excluding hydrogens is 354 g/mol. The van der Waals surface area contributed by atoms with Crippen molar-refractivity contribution in [2.45, 2.75) is 38.3 Å². The van der Waals surface area contributed by atoms with E-state index < -0.39 is 0 Å². The van der Waals surface area contributed by atoms with Crippen molar-refractivity contribution < 1.29 is 18.9 Å². The van der Waals surface area contributed by atoms with Gasteiger partial charge in [0.05, 0.1) is 7.11 Å². The Labute approximate surface area is 166 Å². The summed E-state index contributed by atoms with van der Waals surface area (Å²) in [4.78, 5) is 2.50. The van der Waals surface area contributed by atoms with Crippen LogP contribution in [0.1, 0.15) is 43.7 Å². The van der Waals surface area contributed by atoms with Gasteiger partial charge in [-0.1, -0.05) is 19.1 Å². The zero-order chi connectivity index (χ0) is 19.3. The van der Waals surface area contributed by atoms with Gasteiger partial charge < -0.3 is 18.9 Å². The lowest BCUT2D eigenvalue weighted by molar-refractivity contribution is -0.114. The van der Waals surface area contributed by atoms with E-state index in [2.05, 4.69) is 43.0 Å². The molecule has 3 atom stereocenters. The molecule has 0 spiro atoms. The summed E-state index contributed by atoms with van der Waals surface area (Å²) in [6.45, 7) is 6.96. The summed E-state index contributed by atoms with van der Waals surface area (Å²) < 4.78 is 23.5. The molecule has 5 rings (SSSR count). The van der Waals surface area contributed by atoms with Gasteiger partial charge in [-0.05, 0) is 43.5 Å². The van der Waals surface area contributed by atoms with Gasteiger partial charge in [0.15, 0.2) is 17.2 Å². The van der Waals surface area contributed by atoms with Crippen LogP contribution >= 0.6 is 0 Å². The summed E-state index contributed by atoms with van der Waals surface area (Å²) >= 11 is 0. The first kappa shape index (κ1) is 17.7. The van der Waals surface area contributed by atoms with Crippen LogP contribution in [-0.4, -0.2) is 37.6 Å². The third kappa shape index (κ3) is 2.64. The van der Waals surface area contributed by atoms with Crippen LogP contribution in [0.4, 0.5) is 0 Å². The number of nitrogens with zero attached hydrogens (tertiary/aromatic N) is 1.